The normalized spacial score (nSPS) is 14.7. The number of benzene rings is 2. The van der Waals surface area contributed by atoms with Crippen molar-refractivity contribution < 1.29 is 4.79 Å². The van der Waals surface area contributed by atoms with Gasteiger partial charge in [0.15, 0.2) is 10.8 Å². The number of thioether (sulfide) groups is 1. The van der Waals surface area contributed by atoms with Gasteiger partial charge in [-0.3, -0.25) is 14.1 Å². The Hall–Kier alpha value is -2.88. The minimum atomic E-state index is 0.0200. The molecule has 0 spiro atoms. The number of aromatic nitrogens is 4. The number of nitrogens with zero attached hydrogens (tertiary/aromatic N) is 5. The van der Waals surface area contributed by atoms with E-state index in [-0.39, 0.29) is 11.7 Å². The molecule has 1 amide bonds. The maximum atomic E-state index is 13.6. The number of anilines is 2. The summed E-state index contributed by atoms with van der Waals surface area (Å²) in [5.41, 5.74) is 4.12. The van der Waals surface area contributed by atoms with Crippen LogP contribution in [0.1, 0.15) is 29.1 Å². The van der Waals surface area contributed by atoms with Crippen LogP contribution in [0.2, 0.25) is 0 Å². The van der Waals surface area contributed by atoms with E-state index in [2.05, 4.69) is 22.3 Å². The molecule has 2 aliphatic rings. The molecule has 0 N–H and O–H groups in total. The third kappa shape index (κ3) is 3.40. The van der Waals surface area contributed by atoms with E-state index in [0.29, 0.717) is 5.16 Å². The average Bonchev–Trinajstić information content (AvgIpc) is 3.47. The third-order valence-corrected chi connectivity index (χ3v) is 9.83. The van der Waals surface area contributed by atoms with Crippen molar-refractivity contribution in [1.82, 2.24) is 19.6 Å². The highest BCUT2D eigenvalue weighted by Gasteiger charge is 2.29. The van der Waals surface area contributed by atoms with Crippen molar-refractivity contribution in [2.45, 2.75) is 47.6 Å². The zero-order valence-corrected chi connectivity index (χ0v) is 21.5. The van der Waals surface area contributed by atoms with E-state index in [1.54, 1.807) is 23.1 Å². The topological polar surface area (TPSA) is 63.4 Å². The SMILES string of the molecule is Cc1nc2sc3c(c2c2nnc(SCC(=O)N4c5ccccc5Sc5ccccc54)n12)CCCC3. The van der Waals surface area contributed by atoms with Gasteiger partial charge in [0.1, 0.15) is 10.7 Å². The Morgan fingerprint density at radius 2 is 1.71 bits per heavy atom. The number of carbonyl (C=O) groups excluding carboxylic acids is 1. The number of hydrogen-bond acceptors (Lipinski definition) is 7. The zero-order chi connectivity index (χ0) is 23.5. The summed E-state index contributed by atoms with van der Waals surface area (Å²) in [5, 5.41) is 10.9. The van der Waals surface area contributed by atoms with E-state index >= 15 is 0 Å². The van der Waals surface area contributed by atoms with Crippen LogP contribution in [0, 0.1) is 6.92 Å². The summed E-state index contributed by atoms with van der Waals surface area (Å²) in [6, 6.07) is 16.1. The molecule has 1 aliphatic carbocycles. The molecule has 0 saturated heterocycles. The molecule has 2 aromatic carbocycles. The van der Waals surface area contributed by atoms with Crippen molar-refractivity contribution in [2.24, 2.45) is 0 Å². The van der Waals surface area contributed by atoms with Crippen molar-refractivity contribution in [3.05, 3.63) is 64.8 Å². The molecular formula is C26H21N5OS3. The molecule has 0 saturated carbocycles. The Bertz CT molecular complexity index is 1590. The van der Waals surface area contributed by atoms with E-state index in [4.69, 9.17) is 4.98 Å². The molecule has 5 aromatic rings. The molecule has 4 heterocycles. The van der Waals surface area contributed by atoms with E-state index in [1.807, 2.05) is 52.6 Å². The fourth-order valence-electron chi connectivity index (χ4n) is 5.04. The number of carbonyl (C=O) groups is 1. The van der Waals surface area contributed by atoms with Crippen LogP contribution in [0.3, 0.4) is 0 Å². The van der Waals surface area contributed by atoms with E-state index in [0.717, 1.165) is 55.7 Å². The zero-order valence-electron chi connectivity index (χ0n) is 19.0. The number of para-hydroxylation sites is 2. The molecule has 9 heteroatoms. The van der Waals surface area contributed by atoms with Gasteiger partial charge in [-0.05, 0) is 62.4 Å². The number of aryl methyl sites for hydroxylation is 3. The second-order valence-corrected chi connectivity index (χ2v) is 11.9. The van der Waals surface area contributed by atoms with Crippen molar-refractivity contribution >= 4 is 68.0 Å². The van der Waals surface area contributed by atoms with E-state index in [9.17, 15) is 4.79 Å². The van der Waals surface area contributed by atoms with Crippen LogP contribution in [0.15, 0.2) is 63.5 Å². The highest BCUT2D eigenvalue weighted by atomic mass is 32.2. The number of rotatable bonds is 3. The molecule has 3 aromatic heterocycles. The van der Waals surface area contributed by atoms with Crippen LogP contribution in [-0.2, 0) is 17.6 Å². The third-order valence-electron chi connectivity index (χ3n) is 6.60. The first-order valence-electron chi connectivity index (χ1n) is 11.7. The molecule has 0 fully saturated rings. The van der Waals surface area contributed by atoms with Crippen LogP contribution in [0.4, 0.5) is 11.4 Å². The van der Waals surface area contributed by atoms with E-state index in [1.165, 1.54) is 35.0 Å². The van der Waals surface area contributed by atoms with Crippen LogP contribution in [0.5, 0.6) is 0 Å². The predicted octanol–water partition coefficient (Wildman–Crippen LogP) is 6.45. The lowest BCUT2D eigenvalue weighted by Gasteiger charge is -2.30. The smallest absolute Gasteiger partial charge is 0.242 e. The molecular weight excluding hydrogens is 495 g/mol. The molecule has 0 radical (unpaired) electrons. The number of fused-ring (bicyclic) bond motifs is 7. The van der Waals surface area contributed by atoms with Crippen LogP contribution < -0.4 is 4.90 Å². The highest BCUT2D eigenvalue weighted by Crippen LogP contribution is 2.48. The summed E-state index contributed by atoms with van der Waals surface area (Å²) in [7, 11) is 0. The molecule has 0 atom stereocenters. The number of hydrogen-bond donors (Lipinski definition) is 0. The molecule has 35 heavy (non-hydrogen) atoms. The molecule has 0 unspecified atom stereocenters. The predicted molar refractivity (Wildman–Crippen MR) is 142 cm³/mol. The molecule has 7 rings (SSSR count). The summed E-state index contributed by atoms with van der Waals surface area (Å²) in [5.74, 6) is 1.13. The quantitative estimate of drug-likeness (QED) is 0.257. The van der Waals surface area contributed by atoms with E-state index < -0.39 is 0 Å². The van der Waals surface area contributed by atoms with Crippen LogP contribution in [-0.4, -0.2) is 31.2 Å². The summed E-state index contributed by atoms with van der Waals surface area (Å²) in [6.45, 7) is 1.99. The Morgan fingerprint density at radius 3 is 2.49 bits per heavy atom. The Kier molecular flexibility index (Phi) is 5.11. The summed E-state index contributed by atoms with van der Waals surface area (Å²) in [4.78, 5) is 25.0. The number of thiophene rings is 1. The van der Waals surface area contributed by atoms with Crippen LogP contribution >= 0.6 is 34.9 Å². The fraction of sp³-hybridized carbons (Fsp3) is 0.231. The van der Waals surface area contributed by atoms with Crippen molar-refractivity contribution in [2.75, 3.05) is 10.7 Å². The van der Waals surface area contributed by atoms with Gasteiger partial charge >= 0.3 is 0 Å². The van der Waals surface area contributed by atoms with Crippen molar-refractivity contribution in [3.8, 4) is 0 Å². The fourth-order valence-corrected chi connectivity index (χ4v) is 8.23. The maximum absolute atomic E-state index is 13.6. The lowest BCUT2D eigenvalue weighted by atomic mass is 9.97. The lowest BCUT2D eigenvalue weighted by Crippen LogP contribution is -2.30. The monoisotopic (exact) mass is 515 g/mol. The molecule has 0 bridgehead atoms. The summed E-state index contributed by atoms with van der Waals surface area (Å²) >= 11 is 4.93. The van der Waals surface area contributed by atoms with Gasteiger partial charge in [0, 0.05) is 14.7 Å². The Labute approximate surface area is 214 Å². The summed E-state index contributed by atoms with van der Waals surface area (Å²) in [6.07, 6.45) is 4.66. The largest absolute Gasteiger partial charge is 0.278 e. The first-order valence-corrected chi connectivity index (χ1v) is 14.3. The van der Waals surface area contributed by atoms with Gasteiger partial charge in [-0.1, -0.05) is 47.8 Å². The van der Waals surface area contributed by atoms with Gasteiger partial charge in [-0.25, -0.2) is 4.98 Å². The molecule has 6 nitrogen and oxygen atoms in total. The second-order valence-electron chi connectivity index (χ2n) is 8.75. The van der Waals surface area contributed by atoms with Crippen molar-refractivity contribution in [3.63, 3.8) is 0 Å². The standard InChI is InChI=1S/C26H21N5OS3/c1-15-27-25-23(16-8-2-5-11-19(16)35-25)24-28-29-26(30(15)24)33-14-22(32)31-17-9-3-6-12-20(17)34-21-13-7-4-10-18(21)31/h3-4,6-7,9-10,12-13H,2,5,8,11,14H2,1H3. The van der Waals surface area contributed by atoms with Gasteiger partial charge in [0.05, 0.1) is 22.5 Å². The van der Waals surface area contributed by atoms with Crippen molar-refractivity contribution in [1.29, 1.82) is 0 Å². The minimum Gasteiger partial charge on any atom is -0.278 e. The summed E-state index contributed by atoms with van der Waals surface area (Å²) < 4.78 is 2.02. The lowest BCUT2D eigenvalue weighted by molar-refractivity contribution is -0.115. The molecule has 1 aliphatic heterocycles. The maximum Gasteiger partial charge on any atom is 0.242 e. The van der Waals surface area contributed by atoms with Gasteiger partial charge in [-0.15, -0.1) is 21.5 Å². The van der Waals surface area contributed by atoms with Gasteiger partial charge in [0.25, 0.3) is 0 Å². The minimum absolute atomic E-state index is 0.0200. The highest BCUT2D eigenvalue weighted by molar-refractivity contribution is 8.00. The first kappa shape index (κ1) is 21.4. The first-order chi connectivity index (χ1) is 17.2. The van der Waals surface area contributed by atoms with Gasteiger partial charge < -0.3 is 0 Å². The van der Waals surface area contributed by atoms with Gasteiger partial charge in [0.2, 0.25) is 5.91 Å². The number of amides is 1. The van der Waals surface area contributed by atoms with Crippen LogP contribution in [0.25, 0.3) is 15.9 Å². The Morgan fingerprint density at radius 1 is 1.00 bits per heavy atom. The second kappa shape index (κ2) is 8.36. The Balaban J connectivity index is 1.24. The van der Waals surface area contributed by atoms with Gasteiger partial charge in [-0.2, -0.15) is 0 Å². The average molecular weight is 516 g/mol. The molecule has 174 valence electrons.